The van der Waals surface area contributed by atoms with Gasteiger partial charge in [-0.25, -0.2) is 9.13 Å². The molecule has 570 valence electrons. The molecule has 0 aromatic carbocycles. The third kappa shape index (κ3) is 69.2. The van der Waals surface area contributed by atoms with E-state index in [0.717, 1.165) is 108 Å². The summed E-state index contributed by atoms with van der Waals surface area (Å²) in [7, 11) is -9.91. The molecule has 0 aromatic rings. The fourth-order valence-electron chi connectivity index (χ4n) is 11.8. The van der Waals surface area contributed by atoms with Crippen LogP contribution in [0.15, 0.2) is 0 Å². The van der Waals surface area contributed by atoms with Crippen LogP contribution in [0.25, 0.3) is 0 Å². The van der Waals surface area contributed by atoms with Crippen LogP contribution in [0.2, 0.25) is 0 Å². The van der Waals surface area contributed by atoms with Gasteiger partial charge < -0.3 is 33.8 Å². The third-order valence-electron chi connectivity index (χ3n) is 18.3. The Bertz CT molecular complexity index is 1860. The van der Waals surface area contributed by atoms with E-state index in [9.17, 15) is 43.2 Å². The van der Waals surface area contributed by atoms with Crippen molar-refractivity contribution in [1.29, 1.82) is 0 Å². The lowest BCUT2D eigenvalue weighted by molar-refractivity contribution is -0.161. The number of rotatable bonds is 76. The Hall–Kier alpha value is -1.94. The molecule has 0 amide bonds. The van der Waals surface area contributed by atoms with E-state index in [1.807, 2.05) is 0 Å². The molecule has 19 heteroatoms. The number of ether oxygens (including phenoxy) is 4. The minimum absolute atomic E-state index is 0.105. The summed E-state index contributed by atoms with van der Waals surface area (Å²) in [6.45, 7) is 9.60. The van der Waals surface area contributed by atoms with Crippen molar-refractivity contribution in [2.24, 2.45) is 11.8 Å². The summed E-state index contributed by atoms with van der Waals surface area (Å²) in [5, 5.41) is 10.6. The number of carbonyl (C=O) groups excluding carboxylic acids is 4. The summed E-state index contributed by atoms with van der Waals surface area (Å²) in [4.78, 5) is 72.7. The monoisotopic (exact) mass is 1410 g/mol. The standard InChI is InChI=1S/C77H150O17P2/c1-7-10-12-14-16-18-19-20-25-29-32-35-42-48-54-60-75(80)88-66-73(93-76(81)61-55-49-43-36-33-30-27-24-22-21-23-26-28-31-34-40-46-52-58-70(6)9-3)68-92-96(85,86)90-64-71(78)63-89-95(83,84)91-67-72(65-87-74(79)59-53-47-41-17-15-13-11-8-2)94-77(82)62-56-50-44-38-37-39-45-51-57-69(4)5/h69-73,78H,7-68H2,1-6H3,(H,83,84)(H,85,86)/t70?,71-,72+,73+/m0/s1. The normalized spacial score (nSPS) is 14.3. The second-order valence-electron chi connectivity index (χ2n) is 28.5. The zero-order chi connectivity index (χ0) is 70.7. The van der Waals surface area contributed by atoms with Crippen molar-refractivity contribution in [3.63, 3.8) is 0 Å². The van der Waals surface area contributed by atoms with Crippen molar-refractivity contribution >= 4 is 39.5 Å². The van der Waals surface area contributed by atoms with Gasteiger partial charge in [-0.2, -0.15) is 0 Å². The number of unbranched alkanes of at least 4 members (excludes halogenated alkanes) is 45. The molecule has 0 rings (SSSR count). The number of phosphoric ester groups is 2. The molecule has 3 unspecified atom stereocenters. The van der Waals surface area contributed by atoms with Gasteiger partial charge in [0, 0.05) is 25.7 Å². The van der Waals surface area contributed by atoms with Gasteiger partial charge in [0.25, 0.3) is 0 Å². The molecule has 0 heterocycles. The highest BCUT2D eigenvalue weighted by Gasteiger charge is 2.30. The van der Waals surface area contributed by atoms with Crippen molar-refractivity contribution < 1.29 is 80.2 Å². The average Bonchev–Trinajstić information content (AvgIpc) is 2.02. The van der Waals surface area contributed by atoms with Crippen LogP contribution >= 0.6 is 15.6 Å². The molecule has 0 aliphatic carbocycles. The number of aliphatic hydroxyl groups is 1. The lowest BCUT2D eigenvalue weighted by atomic mass is 9.99. The lowest BCUT2D eigenvalue weighted by Gasteiger charge is -2.21. The van der Waals surface area contributed by atoms with E-state index in [1.54, 1.807) is 0 Å². The molecule has 0 aromatic heterocycles. The van der Waals surface area contributed by atoms with Gasteiger partial charge in [0.15, 0.2) is 12.2 Å². The maximum absolute atomic E-state index is 13.1. The van der Waals surface area contributed by atoms with Gasteiger partial charge in [-0.1, -0.05) is 350 Å². The number of phosphoric acid groups is 2. The molecule has 6 atom stereocenters. The van der Waals surface area contributed by atoms with Gasteiger partial charge in [0.05, 0.1) is 26.4 Å². The maximum atomic E-state index is 13.1. The van der Waals surface area contributed by atoms with Crippen LogP contribution in [-0.4, -0.2) is 96.7 Å². The maximum Gasteiger partial charge on any atom is 0.472 e. The van der Waals surface area contributed by atoms with Crippen LogP contribution in [-0.2, 0) is 65.4 Å². The first-order chi connectivity index (χ1) is 46.4. The minimum atomic E-state index is -4.96. The Morgan fingerprint density at radius 2 is 0.531 bits per heavy atom. The summed E-state index contributed by atoms with van der Waals surface area (Å²) in [5.74, 6) is -0.529. The van der Waals surface area contributed by atoms with Crippen LogP contribution in [0.5, 0.6) is 0 Å². The molecule has 0 aliphatic rings. The van der Waals surface area contributed by atoms with Gasteiger partial charge in [0.2, 0.25) is 0 Å². The van der Waals surface area contributed by atoms with E-state index in [0.29, 0.717) is 25.7 Å². The van der Waals surface area contributed by atoms with E-state index >= 15 is 0 Å². The summed E-state index contributed by atoms with van der Waals surface area (Å²) >= 11 is 0. The Morgan fingerprint density at radius 1 is 0.302 bits per heavy atom. The van der Waals surface area contributed by atoms with Crippen LogP contribution in [0, 0.1) is 11.8 Å². The molecule has 0 radical (unpaired) electrons. The SMILES string of the molecule is CCCCCCCCCCCCCCCCCC(=O)OC[C@H](COP(=O)(O)OC[C@@H](O)COP(=O)(O)OC[C@@H](COC(=O)CCCCCCCCCC)OC(=O)CCCCCCCCCCC(C)C)OC(=O)CCCCCCCCCCCCCCCCCCCCC(C)CC. The van der Waals surface area contributed by atoms with Crippen molar-refractivity contribution in [2.45, 2.75) is 419 Å². The second kappa shape index (κ2) is 68.8. The van der Waals surface area contributed by atoms with Crippen LogP contribution < -0.4 is 0 Å². The fourth-order valence-corrected chi connectivity index (χ4v) is 13.4. The highest BCUT2D eigenvalue weighted by molar-refractivity contribution is 7.47. The number of hydrogen-bond acceptors (Lipinski definition) is 15. The van der Waals surface area contributed by atoms with Gasteiger partial charge in [0.1, 0.15) is 19.3 Å². The number of carbonyl (C=O) groups is 4. The number of hydrogen-bond donors (Lipinski definition) is 3. The third-order valence-corrected chi connectivity index (χ3v) is 20.2. The largest absolute Gasteiger partial charge is 0.472 e. The predicted octanol–water partition coefficient (Wildman–Crippen LogP) is 22.7. The summed E-state index contributed by atoms with van der Waals surface area (Å²) in [6, 6.07) is 0. The first-order valence-electron chi connectivity index (χ1n) is 40.0. The zero-order valence-corrected chi connectivity index (χ0v) is 64.5. The van der Waals surface area contributed by atoms with E-state index in [4.69, 9.17) is 37.0 Å². The predicted molar refractivity (Wildman–Crippen MR) is 391 cm³/mol. The van der Waals surface area contributed by atoms with Gasteiger partial charge in [-0.05, 0) is 37.5 Å². The molecule has 0 saturated heterocycles. The molecule has 0 fully saturated rings. The molecular formula is C77H150O17P2. The Kier molecular flexibility index (Phi) is 67.4. The van der Waals surface area contributed by atoms with Crippen molar-refractivity contribution in [3.8, 4) is 0 Å². The van der Waals surface area contributed by atoms with Crippen LogP contribution in [0.4, 0.5) is 0 Å². The molecular weight excluding hydrogens is 1260 g/mol. The first-order valence-corrected chi connectivity index (χ1v) is 43.0. The Labute approximate surface area is 588 Å². The molecule has 0 spiro atoms. The van der Waals surface area contributed by atoms with Crippen LogP contribution in [0.3, 0.4) is 0 Å². The minimum Gasteiger partial charge on any atom is -0.462 e. The van der Waals surface area contributed by atoms with E-state index in [-0.39, 0.29) is 25.7 Å². The number of esters is 4. The van der Waals surface area contributed by atoms with Crippen molar-refractivity contribution in [2.75, 3.05) is 39.6 Å². The van der Waals surface area contributed by atoms with E-state index in [2.05, 4.69) is 41.5 Å². The molecule has 0 saturated carbocycles. The van der Waals surface area contributed by atoms with Gasteiger partial charge in [-0.3, -0.25) is 37.3 Å². The van der Waals surface area contributed by atoms with Crippen LogP contribution in [0.1, 0.15) is 401 Å². The smallest absolute Gasteiger partial charge is 0.462 e. The van der Waals surface area contributed by atoms with E-state index in [1.165, 1.54) is 212 Å². The summed E-state index contributed by atoms with van der Waals surface area (Å²) < 4.78 is 68.4. The van der Waals surface area contributed by atoms with E-state index < -0.39 is 97.5 Å². The average molecular weight is 1410 g/mol. The molecule has 0 aliphatic heterocycles. The topological polar surface area (TPSA) is 237 Å². The Morgan fingerprint density at radius 3 is 0.792 bits per heavy atom. The summed E-state index contributed by atoms with van der Waals surface area (Å²) in [5.41, 5.74) is 0. The second-order valence-corrected chi connectivity index (χ2v) is 31.4. The molecule has 96 heavy (non-hydrogen) atoms. The molecule has 3 N–H and O–H groups in total. The first kappa shape index (κ1) is 94.1. The zero-order valence-electron chi connectivity index (χ0n) is 62.7. The quantitative estimate of drug-likeness (QED) is 0.0222. The van der Waals surface area contributed by atoms with Gasteiger partial charge >= 0.3 is 39.5 Å². The molecule has 17 nitrogen and oxygen atoms in total. The van der Waals surface area contributed by atoms with Crippen molar-refractivity contribution in [3.05, 3.63) is 0 Å². The van der Waals surface area contributed by atoms with Gasteiger partial charge in [-0.15, -0.1) is 0 Å². The lowest BCUT2D eigenvalue weighted by Crippen LogP contribution is -2.30. The highest BCUT2D eigenvalue weighted by atomic mass is 31.2. The highest BCUT2D eigenvalue weighted by Crippen LogP contribution is 2.45. The summed E-state index contributed by atoms with van der Waals surface area (Å²) in [6.07, 6.45) is 57.0. The Balaban J connectivity index is 5.17. The fraction of sp³-hybridized carbons (Fsp3) is 0.948. The number of aliphatic hydroxyl groups excluding tert-OH is 1. The van der Waals surface area contributed by atoms with Crippen molar-refractivity contribution in [1.82, 2.24) is 0 Å². The molecule has 0 bridgehead atoms.